The maximum absolute atomic E-state index is 10.6. The van der Waals surface area contributed by atoms with Gasteiger partial charge in [0.2, 0.25) is 5.56 Å². The molecule has 2 aromatic carbocycles. The summed E-state index contributed by atoms with van der Waals surface area (Å²) < 4.78 is 1.53. The summed E-state index contributed by atoms with van der Waals surface area (Å²) in [7, 11) is 1.72. The van der Waals surface area contributed by atoms with Crippen molar-refractivity contribution in [1.82, 2.24) is 9.55 Å². The van der Waals surface area contributed by atoms with E-state index in [0.717, 1.165) is 5.52 Å². The minimum atomic E-state index is 0.0347. The largest absolute Gasteiger partial charge is 0.319 e. The Kier molecular flexibility index (Phi) is 3.97. The van der Waals surface area contributed by atoms with Gasteiger partial charge in [-0.2, -0.15) is 0 Å². The number of rotatable bonds is 0. The molecule has 0 fully saturated rings. The molecule has 4 aromatic rings. The van der Waals surface area contributed by atoms with Gasteiger partial charge in [-0.05, 0) is 17.5 Å². The predicted octanol–water partition coefficient (Wildman–Crippen LogP) is 3.77. The molecule has 0 bridgehead atoms. The number of nitrogens with zero attached hydrogens (tertiary/aromatic N) is 2. The monoisotopic (exact) mass is 288 g/mol. The van der Waals surface area contributed by atoms with Gasteiger partial charge in [-0.25, -0.2) is 0 Å². The topological polar surface area (TPSA) is 34.9 Å². The van der Waals surface area contributed by atoms with Crippen molar-refractivity contribution >= 4 is 21.7 Å². The van der Waals surface area contributed by atoms with Gasteiger partial charge in [0.05, 0.1) is 5.52 Å². The summed E-state index contributed by atoms with van der Waals surface area (Å²) in [6, 6.07) is 21.6. The number of hydrogen-bond donors (Lipinski definition) is 0. The highest BCUT2D eigenvalue weighted by atomic mass is 16.1. The van der Waals surface area contributed by atoms with Crippen LogP contribution in [0.15, 0.2) is 83.9 Å². The highest BCUT2D eigenvalue weighted by molar-refractivity contribution is 6.05. The molecule has 0 saturated carbocycles. The van der Waals surface area contributed by atoms with Crippen LogP contribution in [0.3, 0.4) is 0 Å². The quantitative estimate of drug-likeness (QED) is 0.462. The Morgan fingerprint density at radius 1 is 0.818 bits per heavy atom. The molecule has 0 saturated heterocycles. The van der Waals surface area contributed by atoms with Gasteiger partial charge in [0.25, 0.3) is 0 Å². The number of aryl methyl sites for hydroxylation is 1. The Bertz CT molecular complexity index is 918. The number of fused-ring (bicyclic) bond motifs is 3. The highest BCUT2D eigenvalue weighted by Crippen LogP contribution is 2.22. The van der Waals surface area contributed by atoms with Gasteiger partial charge in [0.15, 0.2) is 0 Å². The second kappa shape index (κ2) is 6.22. The predicted molar refractivity (Wildman–Crippen MR) is 90.9 cm³/mol. The van der Waals surface area contributed by atoms with Crippen LogP contribution in [0.5, 0.6) is 0 Å². The van der Waals surface area contributed by atoms with Crippen LogP contribution in [-0.4, -0.2) is 9.55 Å². The Balaban J connectivity index is 0.000000154. The zero-order chi connectivity index (χ0) is 15.4. The van der Waals surface area contributed by atoms with Gasteiger partial charge in [-0.1, -0.05) is 48.5 Å². The van der Waals surface area contributed by atoms with Crippen LogP contribution < -0.4 is 5.56 Å². The summed E-state index contributed by atoms with van der Waals surface area (Å²) >= 11 is 0. The van der Waals surface area contributed by atoms with Crippen molar-refractivity contribution in [3.63, 3.8) is 0 Å². The van der Waals surface area contributed by atoms with Gasteiger partial charge >= 0.3 is 0 Å². The first-order valence-electron chi connectivity index (χ1n) is 7.10. The van der Waals surface area contributed by atoms with E-state index in [-0.39, 0.29) is 5.56 Å². The van der Waals surface area contributed by atoms with E-state index in [0.29, 0.717) is 0 Å². The summed E-state index contributed by atoms with van der Waals surface area (Å²) in [6.45, 7) is 0. The van der Waals surface area contributed by atoms with E-state index >= 15 is 0 Å². The van der Waals surface area contributed by atoms with Crippen molar-refractivity contribution in [1.29, 1.82) is 0 Å². The van der Waals surface area contributed by atoms with Gasteiger partial charge in [-0.15, -0.1) is 0 Å². The van der Waals surface area contributed by atoms with E-state index in [4.69, 9.17) is 0 Å². The Labute approximate surface area is 128 Å². The SMILES string of the molecule is Cn1ccccc1=O.c1ccc2c(c1)cnc1ccccc12. The van der Waals surface area contributed by atoms with E-state index in [1.807, 2.05) is 30.5 Å². The van der Waals surface area contributed by atoms with Gasteiger partial charge in [0.1, 0.15) is 0 Å². The summed E-state index contributed by atoms with van der Waals surface area (Å²) in [5.41, 5.74) is 1.10. The normalized spacial score (nSPS) is 10.2. The molecule has 0 N–H and O–H groups in total. The molecule has 108 valence electrons. The van der Waals surface area contributed by atoms with Crippen LogP contribution in [0, 0.1) is 0 Å². The highest BCUT2D eigenvalue weighted by Gasteiger charge is 1.98. The van der Waals surface area contributed by atoms with Gasteiger partial charge in [0, 0.05) is 36.3 Å². The van der Waals surface area contributed by atoms with Crippen molar-refractivity contribution in [2.45, 2.75) is 0 Å². The molecule has 0 atom stereocenters. The van der Waals surface area contributed by atoms with E-state index in [2.05, 4.69) is 35.3 Å². The minimum absolute atomic E-state index is 0.0347. The fourth-order valence-electron chi connectivity index (χ4n) is 2.32. The fourth-order valence-corrected chi connectivity index (χ4v) is 2.32. The number of pyridine rings is 2. The maximum atomic E-state index is 10.6. The fraction of sp³-hybridized carbons (Fsp3) is 0.0526. The molecule has 0 spiro atoms. The standard InChI is InChI=1S/C13H9N.C6H7NO/c1-2-6-11-10(5-1)9-14-13-8-4-3-7-12(11)13;1-7-5-3-2-4-6(7)8/h1-9H;2-5H,1H3. The van der Waals surface area contributed by atoms with E-state index in [9.17, 15) is 4.79 Å². The van der Waals surface area contributed by atoms with Crippen LogP contribution in [0.4, 0.5) is 0 Å². The first-order chi connectivity index (χ1) is 10.8. The minimum Gasteiger partial charge on any atom is -0.319 e. The zero-order valence-corrected chi connectivity index (χ0v) is 12.3. The molecule has 0 aliphatic heterocycles. The third kappa shape index (κ3) is 2.88. The molecule has 2 heterocycles. The number of hydrogen-bond acceptors (Lipinski definition) is 2. The lowest BCUT2D eigenvalue weighted by Gasteiger charge is -2.01. The summed E-state index contributed by atoms with van der Waals surface area (Å²) in [6.07, 6.45) is 3.65. The van der Waals surface area contributed by atoms with E-state index in [1.54, 1.807) is 19.3 Å². The Morgan fingerprint density at radius 3 is 2.23 bits per heavy atom. The van der Waals surface area contributed by atoms with Crippen LogP contribution in [0.2, 0.25) is 0 Å². The Hall–Kier alpha value is -2.94. The van der Waals surface area contributed by atoms with Crippen LogP contribution in [0.1, 0.15) is 0 Å². The van der Waals surface area contributed by atoms with Crippen molar-refractivity contribution < 1.29 is 0 Å². The first-order valence-corrected chi connectivity index (χ1v) is 7.10. The van der Waals surface area contributed by atoms with Gasteiger partial charge in [-0.3, -0.25) is 9.78 Å². The van der Waals surface area contributed by atoms with E-state index < -0.39 is 0 Å². The molecule has 0 amide bonds. The summed E-state index contributed by atoms with van der Waals surface area (Å²) in [5, 5.41) is 3.70. The molecule has 0 aliphatic rings. The lowest BCUT2D eigenvalue weighted by Crippen LogP contribution is -2.12. The second-order valence-corrected chi connectivity index (χ2v) is 5.01. The first kappa shape index (κ1) is 14.0. The van der Waals surface area contributed by atoms with E-state index in [1.165, 1.54) is 26.8 Å². The summed E-state index contributed by atoms with van der Waals surface area (Å²) in [5.74, 6) is 0. The van der Waals surface area contributed by atoms with Crippen LogP contribution in [-0.2, 0) is 7.05 Å². The van der Waals surface area contributed by atoms with Crippen molar-refractivity contribution in [3.8, 4) is 0 Å². The molecular formula is C19H16N2O. The Morgan fingerprint density at radius 2 is 1.50 bits per heavy atom. The maximum Gasteiger partial charge on any atom is 0.250 e. The second-order valence-electron chi connectivity index (χ2n) is 5.01. The number of para-hydroxylation sites is 1. The van der Waals surface area contributed by atoms with Crippen molar-refractivity contribution in [2.75, 3.05) is 0 Å². The third-order valence-electron chi connectivity index (χ3n) is 3.50. The molecule has 2 aromatic heterocycles. The molecule has 0 aliphatic carbocycles. The lowest BCUT2D eigenvalue weighted by molar-refractivity contribution is 0.860. The van der Waals surface area contributed by atoms with Crippen LogP contribution in [0.25, 0.3) is 21.7 Å². The third-order valence-corrected chi connectivity index (χ3v) is 3.50. The number of aromatic nitrogens is 2. The smallest absolute Gasteiger partial charge is 0.250 e. The van der Waals surface area contributed by atoms with Crippen molar-refractivity contribution in [2.24, 2.45) is 7.05 Å². The van der Waals surface area contributed by atoms with Crippen LogP contribution >= 0.6 is 0 Å². The van der Waals surface area contributed by atoms with Gasteiger partial charge < -0.3 is 4.57 Å². The molecule has 0 unspecified atom stereocenters. The molecule has 3 nitrogen and oxygen atoms in total. The molecule has 4 rings (SSSR count). The zero-order valence-electron chi connectivity index (χ0n) is 12.3. The molecule has 22 heavy (non-hydrogen) atoms. The lowest BCUT2D eigenvalue weighted by atomic mass is 10.1. The molecule has 3 heteroatoms. The molecule has 0 radical (unpaired) electrons. The molecular weight excluding hydrogens is 272 g/mol. The average Bonchev–Trinajstić information content (AvgIpc) is 2.58. The number of benzene rings is 2. The summed E-state index contributed by atoms with van der Waals surface area (Å²) in [4.78, 5) is 15.0. The average molecular weight is 288 g/mol. The van der Waals surface area contributed by atoms with Crippen molar-refractivity contribution in [3.05, 3.63) is 89.5 Å².